The Labute approximate surface area is 73.0 Å². The molecule has 0 unspecified atom stereocenters. The Balaban J connectivity index is 2.30. The molecule has 0 amide bonds. The van der Waals surface area contributed by atoms with Gasteiger partial charge in [0.1, 0.15) is 0 Å². The molecule has 4 N–H and O–H groups in total. The van der Waals surface area contributed by atoms with Crippen LogP contribution in [0.2, 0.25) is 0 Å². The van der Waals surface area contributed by atoms with E-state index in [2.05, 4.69) is 4.90 Å². The van der Waals surface area contributed by atoms with E-state index in [0.717, 1.165) is 19.4 Å². The minimum absolute atomic E-state index is 0.0225. The highest BCUT2D eigenvalue weighted by molar-refractivity contribution is 4.80. The molecule has 1 aliphatic rings. The van der Waals surface area contributed by atoms with Gasteiger partial charge in [0.25, 0.3) is 0 Å². The Bertz CT molecular complexity index is 132. The van der Waals surface area contributed by atoms with Gasteiger partial charge in [0, 0.05) is 18.6 Å². The predicted octanol–water partition coefficient (Wildman–Crippen LogP) is -1.24. The maximum absolute atomic E-state index is 8.98. The van der Waals surface area contributed by atoms with Crippen LogP contribution in [0.3, 0.4) is 0 Å². The first kappa shape index (κ1) is 9.92. The van der Waals surface area contributed by atoms with Crippen molar-refractivity contribution in [2.45, 2.75) is 24.9 Å². The Kier molecular flexibility index (Phi) is 3.94. The smallest absolute Gasteiger partial charge is 0.0595 e. The third-order valence-corrected chi connectivity index (χ3v) is 2.41. The van der Waals surface area contributed by atoms with Crippen LogP contribution in [0.4, 0.5) is 0 Å². The molecule has 1 aliphatic heterocycles. The van der Waals surface area contributed by atoms with Gasteiger partial charge in [-0.15, -0.1) is 0 Å². The van der Waals surface area contributed by atoms with Crippen molar-refractivity contribution in [2.75, 3.05) is 26.3 Å². The molecule has 0 saturated carbocycles. The number of aliphatic hydroxyl groups is 2. The summed E-state index contributed by atoms with van der Waals surface area (Å²) in [5, 5.41) is 17.7. The minimum atomic E-state index is -0.169. The maximum Gasteiger partial charge on any atom is 0.0595 e. The highest BCUT2D eigenvalue weighted by Crippen LogP contribution is 2.15. The van der Waals surface area contributed by atoms with Gasteiger partial charge in [-0.2, -0.15) is 0 Å². The highest BCUT2D eigenvalue weighted by Gasteiger charge is 2.24. The summed E-state index contributed by atoms with van der Waals surface area (Å²) < 4.78 is 0. The lowest BCUT2D eigenvalue weighted by Gasteiger charge is -2.24. The van der Waals surface area contributed by atoms with Crippen LogP contribution in [0, 0.1) is 0 Å². The summed E-state index contributed by atoms with van der Waals surface area (Å²) in [6.45, 7) is 1.92. The van der Waals surface area contributed by atoms with Gasteiger partial charge in [0.05, 0.1) is 13.2 Å². The zero-order valence-corrected chi connectivity index (χ0v) is 7.32. The Hall–Kier alpha value is -0.160. The molecule has 12 heavy (non-hydrogen) atoms. The van der Waals surface area contributed by atoms with Gasteiger partial charge in [-0.1, -0.05) is 0 Å². The monoisotopic (exact) mass is 174 g/mol. The van der Waals surface area contributed by atoms with Crippen LogP contribution in [0.25, 0.3) is 0 Å². The molecule has 2 atom stereocenters. The number of likely N-dealkylation sites (tertiary alicyclic amines) is 1. The van der Waals surface area contributed by atoms with Crippen molar-refractivity contribution in [3.05, 3.63) is 0 Å². The molecular formula is C8H18N2O2. The van der Waals surface area contributed by atoms with Crippen molar-refractivity contribution >= 4 is 0 Å². The van der Waals surface area contributed by atoms with Gasteiger partial charge in [0.15, 0.2) is 0 Å². The second-order valence-electron chi connectivity index (χ2n) is 3.42. The molecule has 0 aromatic rings. The number of hydrogen-bond acceptors (Lipinski definition) is 4. The summed E-state index contributed by atoms with van der Waals surface area (Å²) in [6, 6.07) is 0.0970. The first-order valence-corrected chi connectivity index (χ1v) is 4.49. The number of aliphatic hydroxyl groups excluding tert-OH is 2. The van der Waals surface area contributed by atoms with Crippen LogP contribution in [-0.4, -0.2) is 53.5 Å². The normalized spacial score (nSPS) is 27.8. The third-order valence-electron chi connectivity index (χ3n) is 2.41. The molecule has 0 aromatic heterocycles. The fraction of sp³-hybridized carbons (Fsp3) is 1.00. The molecule has 4 nitrogen and oxygen atoms in total. The zero-order valence-electron chi connectivity index (χ0n) is 7.32. The lowest BCUT2D eigenvalue weighted by atomic mass is 10.2. The minimum Gasteiger partial charge on any atom is -0.395 e. The molecule has 1 heterocycles. The van der Waals surface area contributed by atoms with E-state index in [1.54, 1.807) is 0 Å². The van der Waals surface area contributed by atoms with Gasteiger partial charge < -0.3 is 15.9 Å². The summed E-state index contributed by atoms with van der Waals surface area (Å²) in [5.74, 6) is 0. The van der Waals surface area contributed by atoms with Gasteiger partial charge in [0.2, 0.25) is 0 Å². The quantitative estimate of drug-likeness (QED) is 0.499. The zero-order chi connectivity index (χ0) is 8.97. The summed E-state index contributed by atoms with van der Waals surface area (Å²) >= 11 is 0. The standard InChI is InChI=1S/C8H18N2O2/c9-7(5-11)4-10-3-1-2-8(10)6-12/h7-8,11-12H,1-6,9H2/t7-,8-/m0/s1. The number of rotatable bonds is 4. The SMILES string of the molecule is N[C@H](CO)CN1CCC[C@H]1CO. The van der Waals surface area contributed by atoms with E-state index in [4.69, 9.17) is 15.9 Å². The van der Waals surface area contributed by atoms with Crippen LogP contribution in [-0.2, 0) is 0 Å². The molecule has 1 saturated heterocycles. The molecule has 0 bridgehead atoms. The van der Waals surface area contributed by atoms with Crippen molar-refractivity contribution in [3.63, 3.8) is 0 Å². The lowest BCUT2D eigenvalue weighted by molar-refractivity contribution is 0.139. The number of nitrogens with two attached hydrogens (primary N) is 1. The molecule has 72 valence electrons. The van der Waals surface area contributed by atoms with Crippen molar-refractivity contribution in [1.82, 2.24) is 4.90 Å². The second kappa shape index (κ2) is 4.77. The van der Waals surface area contributed by atoms with E-state index in [1.165, 1.54) is 0 Å². The third kappa shape index (κ3) is 2.42. The summed E-state index contributed by atoms with van der Waals surface area (Å²) in [5.41, 5.74) is 5.60. The molecular weight excluding hydrogens is 156 g/mol. The predicted molar refractivity (Wildman–Crippen MR) is 46.7 cm³/mol. The topological polar surface area (TPSA) is 69.7 Å². The van der Waals surface area contributed by atoms with Crippen molar-refractivity contribution in [2.24, 2.45) is 5.73 Å². The number of hydrogen-bond donors (Lipinski definition) is 3. The van der Waals surface area contributed by atoms with Crippen molar-refractivity contribution in [3.8, 4) is 0 Å². The van der Waals surface area contributed by atoms with Gasteiger partial charge >= 0.3 is 0 Å². The van der Waals surface area contributed by atoms with Gasteiger partial charge in [-0.05, 0) is 19.4 Å². The van der Waals surface area contributed by atoms with E-state index < -0.39 is 0 Å². The van der Waals surface area contributed by atoms with Crippen LogP contribution < -0.4 is 5.73 Å². The molecule has 1 rings (SSSR count). The van der Waals surface area contributed by atoms with Crippen LogP contribution in [0.1, 0.15) is 12.8 Å². The fourth-order valence-electron chi connectivity index (χ4n) is 1.70. The fourth-order valence-corrected chi connectivity index (χ4v) is 1.70. The van der Waals surface area contributed by atoms with E-state index in [1.807, 2.05) is 0 Å². The van der Waals surface area contributed by atoms with E-state index >= 15 is 0 Å². The van der Waals surface area contributed by atoms with Crippen LogP contribution >= 0.6 is 0 Å². The molecule has 0 spiro atoms. The first-order valence-electron chi connectivity index (χ1n) is 4.49. The molecule has 0 aliphatic carbocycles. The first-order chi connectivity index (χ1) is 5.77. The van der Waals surface area contributed by atoms with Crippen LogP contribution in [0.15, 0.2) is 0 Å². The Morgan fingerprint density at radius 3 is 2.83 bits per heavy atom. The van der Waals surface area contributed by atoms with E-state index in [9.17, 15) is 0 Å². The molecule has 4 heteroatoms. The molecule has 0 radical (unpaired) electrons. The van der Waals surface area contributed by atoms with Crippen LogP contribution in [0.5, 0.6) is 0 Å². The van der Waals surface area contributed by atoms with E-state index in [-0.39, 0.29) is 25.3 Å². The largest absolute Gasteiger partial charge is 0.395 e. The summed E-state index contributed by atoms with van der Waals surface area (Å²) in [7, 11) is 0. The van der Waals surface area contributed by atoms with Crippen molar-refractivity contribution in [1.29, 1.82) is 0 Å². The van der Waals surface area contributed by atoms with E-state index in [0.29, 0.717) is 6.54 Å². The van der Waals surface area contributed by atoms with Gasteiger partial charge in [-0.3, -0.25) is 4.90 Å². The molecule has 0 aromatic carbocycles. The average Bonchev–Trinajstić information content (AvgIpc) is 2.51. The Morgan fingerprint density at radius 1 is 1.50 bits per heavy atom. The Morgan fingerprint density at radius 2 is 2.25 bits per heavy atom. The number of nitrogens with zero attached hydrogens (tertiary/aromatic N) is 1. The summed E-state index contributed by atoms with van der Waals surface area (Å²) in [4.78, 5) is 2.15. The maximum atomic E-state index is 8.98. The molecule has 1 fully saturated rings. The highest BCUT2D eigenvalue weighted by atomic mass is 16.3. The second-order valence-corrected chi connectivity index (χ2v) is 3.42. The summed E-state index contributed by atoms with van der Waals surface area (Å²) in [6.07, 6.45) is 2.18. The lowest BCUT2D eigenvalue weighted by Crippen LogP contribution is -2.43. The van der Waals surface area contributed by atoms with Gasteiger partial charge in [-0.25, -0.2) is 0 Å². The van der Waals surface area contributed by atoms with Crippen molar-refractivity contribution < 1.29 is 10.2 Å². The average molecular weight is 174 g/mol.